The molecule has 1 fully saturated rings. The van der Waals surface area contributed by atoms with Gasteiger partial charge in [0.25, 0.3) is 0 Å². The molecule has 1 aliphatic heterocycles. The van der Waals surface area contributed by atoms with E-state index in [-0.39, 0.29) is 6.61 Å². The van der Waals surface area contributed by atoms with E-state index in [1.54, 1.807) is 49.5 Å². The van der Waals surface area contributed by atoms with E-state index in [0.29, 0.717) is 22.5 Å². The summed E-state index contributed by atoms with van der Waals surface area (Å²) in [7, 11) is 0. The van der Waals surface area contributed by atoms with Crippen molar-refractivity contribution in [1.82, 2.24) is 4.98 Å². The lowest BCUT2D eigenvalue weighted by molar-refractivity contribution is -0.180. The van der Waals surface area contributed by atoms with Gasteiger partial charge in [0.15, 0.2) is 0 Å². The molecule has 0 saturated carbocycles. The molecule has 1 saturated heterocycles. The van der Waals surface area contributed by atoms with Crippen molar-refractivity contribution in [3.63, 3.8) is 0 Å². The second-order valence-electron chi connectivity index (χ2n) is 7.00. The predicted molar refractivity (Wildman–Crippen MR) is 103 cm³/mol. The summed E-state index contributed by atoms with van der Waals surface area (Å²) in [6, 6.07) is 10.0. The fourth-order valence-electron chi connectivity index (χ4n) is 3.58. The molecule has 0 aliphatic carbocycles. The van der Waals surface area contributed by atoms with Crippen molar-refractivity contribution < 1.29 is 24.5 Å². The maximum absolute atomic E-state index is 12.3. The SMILES string of the molecule is CC1OC(CO)C(O)C(O)C1Nc1ccc2cc(-c3ccc[nH]3)c(=O)oc2c1. The van der Waals surface area contributed by atoms with Crippen LogP contribution >= 0.6 is 0 Å². The quantitative estimate of drug-likeness (QED) is 0.424. The van der Waals surface area contributed by atoms with Gasteiger partial charge in [-0.25, -0.2) is 4.79 Å². The molecule has 8 heteroatoms. The van der Waals surface area contributed by atoms with Crippen LogP contribution in [0, 0.1) is 0 Å². The van der Waals surface area contributed by atoms with Crippen LogP contribution in [0.4, 0.5) is 5.69 Å². The number of H-pyrrole nitrogens is 1. The van der Waals surface area contributed by atoms with Crippen molar-refractivity contribution in [3.05, 3.63) is 53.0 Å². The minimum absolute atomic E-state index is 0.375. The van der Waals surface area contributed by atoms with Crippen molar-refractivity contribution >= 4 is 16.7 Å². The number of aliphatic hydroxyl groups excluding tert-OH is 3. The Bertz CT molecular complexity index is 1020. The molecule has 0 amide bonds. The number of hydrogen-bond acceptors (Lipinski definition) is 7. The first-order valence-corrected chi connectivity index (χ1v) is 9.08. The van der Waals surface area contributed by atoms with E-state index in [9.17, 15) is 20.1 Å². The number of ether oxygens (including phenoxy) is 1. The highest BCUT2D eigenvalue weighted by Crippen LogP contribution is 2.27. The van der Waals surface area contributed by atoms with Gasteiger partial charge in [-0.2, -0.15) is 0 Å². The van der Waals surface area contributed by atoms with Crippen LogP contribution in [0.1, 0.15) is 6.92 Å². The molecule has 28 heavy (non-hydrogen) atoms. The summed E-state index contributed by atoms with van der Waals surface area (Å²) in [6.45, 7) is 1.37. The first kappa shape index (κ1) is 18.7. The summed E-state index contributed by atoms with van der Waals surface area (Å²) in [4.78, 5) is 15.3. The van der Waals surface area contributed by atoms with Crippen LogP contribution in [0.3, 0.4) is 0 Å². The number of aromatic nitrogens is 1. The second kappa shape index (κ2) is 7.40. The molecule has 8 nitrogen and oxygen atoms in total. The van der Waals surface area contributed by atoms with E-state index >= 15 is 0 Å². The zero-order chi connectivity index (χ0) is 19.8. The van der Waals surface area contributed by atoms with Crippen LogP contribution in [0.2, 0.25) is 0 Å². The van der Waals surface area contributed by atoms with Crippen LogP contribution in [0.25, 0.3) is 22.2 Å². The summed E-state index contributed by atoms with van der Waals surface area (Å²) in [5.41, 5.74) is 1.68. The molecule has 5 atom stereocenters. The van der Waals surface area contributed by atoms with Gasteiger partial charge < -0.3 is 34.8 Å². The molecule has 0 radical (unpaired) electrons. The van der Waals surface area contributed by atoms with Crippen molar-refractivity contribution in [3.8, 4) is 11.3 Å². The van der Waals surface area contributed by atoms with Gasteiger partial charge in [0.2, 0.25) is 0 Å². The van der Waals surface area contributed by atoms with Gasteiger partial charge in [0.1, 0.15) is 23.9 Å². The highest BCUT2D eigenvalue weighted by Gasteiger charge is 2.42. The molecule has 148 valence electrons. The number of nitrogens with one attached hydrogen (secondary N) is 2. The number of aromatic amines is 1. The van der Waals surface area contributed by atoms with Crippen molar-refractivity contribution in [1.29, 1.82) is 0 Å². The third-order valence-electron chi connectivity index (χ3n) is 5.13. The molecular formula is C20H22N2O6. The number of aliphatic hydroxyl groups is 3. The van der Waals surface area contributed by atoms with Gasteiger partial charge in [0, 0.05) is 23.3 Å². The number of hydrogen-bond donors (Lipinski definition) is 5. The Morgan fingerprint density at radius 1 is 1.18 bits per heavy atom. The van der Waals surface area contributed by atoms with Gasteiger partial charge in [-0.3, -0.25) is 0 Å². The second-order valence-corrected chi connectivity index (χ2v) is 7.00. The van der Waals surface area contributed by atoms with Crippen LogP contribution < -0.4 is 10.9 Å². The smallest absolute Gasteiger partial charge is 0.345 e. The van der Waals surface area contributed by atoms with Crippen LogP contribution in [-0.4, -0.2) is 57.4 Å². The maximum Gasteiger partial charge on any atom is 0.345 e. The largest absolute Gasteiger partial charge is 0.422 e. The third-order valence-corrected chi connectivity index (χ3v) is 5.13. The Morgan fingerprint density at radius 3 is 2.71 bits per heavy atom. The maximum atomic E-state index is 12.3. The lowest BCUT2D eigenvalue weighted by atomic mass is 9.93. The van der Waals surface area contributed by atoms with Crippen LogP contribution in [0.5, 0.6) is 0 Å². The van der Waals surface area contributed by atoms with E-state index in [0.717, 1.165) is 5.39 Å². The normalized spacial score (nSPS) is 27.8. The van der Waals surface area contributed by atoms with Gasteiger partial charge in [-0.1, -0.05) is 0 Å². The number of rotatable bonds is 4. The topological polar surface area (TPSA) is 128 Å². The monoisotopic (exact) mass is 386 g/mol. The number of fused-ring (bicyclic) bond motifs is 1. The highest BCUT2D eigenvalue weighted by atomic mass is 16.5. The average molecular weight is 386 g/mol. The number of anilines is 1. The van der Waals surface area contributed by atoms with Crippen molar-refractivity contribution in [2.75, 3.05) is 11.9 Å². The lowest BCUT2D eigenvalue weighted by Gasteiger charge is -2.41. The molecular weight excluding hydrogens is 364 g/mol. The molecule has 0 spiro atoms. The van der Waals surface area contributed by atoms with Gasteiger partial charge >= 0.3 is 5.63 Å². The summed E-state index contributed by atoms with van der Waals surface area (Å²) >= 11 is 0. The van der Waals surface area contributed by atoms with E-state index in [1.807, 2.05) is 0 Å². The molecule has 2 aromatic heterocycles. The predicted octanol–water partition coefficient (Wildman–Crippen LogP) is 1.07. The third kappa shape index (κ3) is 3.31. The molecule has 1 aromatic carbocycles. The Kier molecular flexibility index (Phi) is 4.94. The van der Waals surface area contributed by atoms with E-state index in [2.05, 4.69) is 10.3 Å². The summed E-state index contributed by atoms with van der Waals surface area (Å²) in [5, 5.41) is 33.6. The first-order chi connectivity index (χ1) is 13.5. The number of benzene rings is 1. The zero-order valence-corrected chi connectivity index (χ0v) is 15.2. The minimum Gasteiger partial charge on any atom is -0.422 e. The highest BCUT2D eigenvalue weighted by molar-refractivity contribution is 5.83. The Balaban J connectivity index is 1.62. The Morgan fingerprint density at radius 2 is 2.00 bits per heavy atom. The van der Waals surface area contributed by atoms with Crippen LogP contribution in [0.15, 0.2) is 51.8 Å². The molecule has 5 N–H and O–H groups in total. The molecule has 0 bridgehead atoms. The standard InChI is InChI=1S/C20H22N2O6/c1-10-17(19(25)18(24)16(9-23)27-10)22-12-5-4-11-7-13(14-3-2-6-21-14)20(26)28-15(11)8-12/h2-8,10,16-19,21-25H,9H2,1H3. The molecule has 3 aromatic rings. The summed E-state index contributed by atoms with van der Waals surface area (Å²) in [5.74, 6) is 0. The van der Waals surface area contributed by atoms with E-state index in [4.69, 9.17) is 9.15 Å². The lowest BCUT2D eigenvalue weighted by Crippen LogP contribution is -2.60. The van der Waals surface area contributed by atoms with Gasteiger partial charge in [-0.05, 0) is 37.3 Å². The molecule has 4 rings (SSSR count). The van der Waals surface area contributed by atoms with E-state index in [1.165, 1.54) is 0 Å². The average Bonchev–Trinajstić information content (AvgIpc) is 3.22. The Labute approximate surface area is 160 Å². The zero-order valence-electron chi connectivity index (χ0n) is 15.2. The molecule has 1 aliphatic rings. The van der Waals surface area contributed by atoms with Crippen LogP contribution in [-0.2, 0) is 4.74 Å². The fourth-order valence-corrected chi connectivity index (χ4v) is 3.58. The minimum atomic E-state index is -1.21. The van der Waals surface area contributed by atoms with Gasteiger partial charge in [0.05, 0.1) is 30.0 Å². The summed E-state index contributed by atoms with van der Waals surface area (Å²) < 4.78 is 11.0. The van der Waals surface area contributed by atoms with Crippen molar-refractivity contribution in [2.24, 2.45) is 0 Å². The first-order valence-electron chi connectivity index (χ1n) is 9.08. The molecule has 5 unspecified atom stereocenters. The van der Waals surface area contributed by atoms with Gasteiger partial charge in [-0.15, -0.1) is 0 Å². The Hall–Kier alpha value is -2.65. The fraction of sp³-hybridized carbons (Fsp3) is 0.350. The van der Waals surface area contributed by atoms with E-state index < -0.39 is 36.1 Å². The van der Waals surface area contributed by atoms with Crippen molar-refractivity contribution in [2.45, 2.75) is 37.4 Å². The molecule has 3 heterocycles. The summed E-state index contributed by atoms with van der Waals surface area (Å²) in [6.07, 6.45) is -1.88.